The second-order valence-electron chi connectivity index (χ2n) is 6.72. The number of sulfonamides is 1. The highest BCUT2D eigenvalue weighted by atomic mass is 32.2. The topological polar surface area (TPSA) is 50.3 Å². The predicted molar refractivity (Wildman–Crippen MR) is 102 cm³/mol. The van der Waals surface area contributed by atoms with Gasteiger partial charge in [0.1, 0.15) is 0 Å². The monoisotopic (exact) mass is 426 g/mol. The summed E-state index contributed by atoms with van der Waals surface area (Å²) in [5, 5.41) is 0.984. The third kappa shape index (κ3) is 3.66. The number of halogens is 3. The Morgan fingerprint density at radius 2 is 1.75 bits per heavy atom. The summed E-state index contributed by atoms with van der Waals surface area (Å²) in [6, 6.07) is 11.7. The first kappa shape index (κ1) is 19.4. The van der Waals surface area contributed by atoms with Gasteiger partial charge in [-0.25, -0.2) is 13.4 Å². The zero-order valence-corrected chi connectivity index (χ0v) is 16.3. The average Bonchev–Trinajstić information content (AvgIpc) is 3.12. The van der Waals surface area contributed by atoms with Crippen molar-refractivity contribution < 1.29 is 21.6 Å². The number of rotatable bonds is 3. The van der Waals surface area contributed by atoms with E-state index in [2.05, 4.69) is 4.98 Å². The molecule has 0 N–H and O–H groups in total. The van der Waals surface area contributed by atoms with Crippen LogP contribution in [0.5, 0.6) is 0 Å². The molecule has 4 nitrogen and oxygen atoms in total. The SMILES string of the molecule is O=S(=O)(c1cccc(C(F)(F)F)c1)N1CCC(c2nc3ccccc3s2)CC1. The fourth-order valence-corrected chi connectivity index (χ4v) is 6.04. The van der Waals surface area contributed by atoms with E-state index in [1.165, 1.54) is 10.4 Å². The lowest BCUT2D eigenvalue weighted by molar-refractivity contribution is -0.137. The smallest absolute Gasteiger partial charge is 0.241 e. The number of hydrogen-bond acceptors (Lipinski definition) is 4. The fraction of sp³-hybridized carbons (Fsp3) is 0.316. The van der Waals surface area contributed by atoms with Crippen LogP contribution in [0.1, 0.15) is 29.3 Å². The summed E-state index contributed by atoms with van der Waals surface area (Å²) in [5.74, 6) is 0.158. The van der Waals surface area contributed by atoms with Gasteiger partial charge in [-0.1, -0.05) is 18.2 Å². The maximum atomic E-state index is 12.9. The van der Waals surface area contributed by atoms with Crippen molar-refractivity contribution >= 4 is 31.6 Å². The van der Waals surface area contributed by atoms with Crippen LogP contribution in [-0.2, 0) is 16.2 Å². The van der Waals surface area contributed by atoms with Crippen LogP contribution in [0.25, 0.3) is 10.2 Å². The Morgan fingerprint density at radius 1 is 1.04 bits per heavy atom. The largest absolute Gasteiger partial charge is 0.416 e. The quantitative estimate of drug-likeness (QED) is 0.600. The third-order valence-electron chi connectivity index (χ3n) is 4.91. The zero-order chi connectivity index (χ0) is 19.9. The molecule has 4 rings (SSSR count). The number of hydrogen-bond donors (Lipinski definition) is 0. The van der Waals surface area contributed by atoms with Crippen LogP contribution in [0.4, 0.5) is 13.2 Å². The average molecular weight is 426 g/mol. The molecule has 1 aromatic heterocycles. The molecular weight excluding hydrogens is 409 g/mol. The minimum absolute atomic E-state index is 0.158. The van der Waals surface area contributed by atoms with Gasteiger partial charge in [0.15, 0.2) is 0 Å². The van der Waals surface area contributed by atoms with Crippen molar-refractivity contribution in [3.8, 4) is 0 Å². The maximum Gasteiger partial charge on any atom is 0.416 e. The van der Waals surface area contributed by atoms with Gasteiger partial charge in [-0.2, -0.15) is 17.5 Å². The summed E-state index contributed by atoms with van der Waals surface area (Å²) in [4.78, 5) is 4.33. The molecule has 2 aromatic carbocycles. The number of aromatic nitrogens is 1. The van der Waals surface area contributed by atoms with E-state index >= 15 is 0 Å². The van der Waals surface area contributed by atoms with Crippen LogP contribution in [0.15, 0.2) is 53.4 Å². The molecule has 1 fully saturated rings. The van der Waals surface area contributed by atoms with Crippen LogP contribution in [0, 0.1) is 0 Å². The number of para-hydroxylation sites is 1. The summed E-state index contributed by atoms with van der Waals surface area (Å²) in [7, 11) is -3.96. The Morgan fingerprint density at radius 3 is 2.43 bits per heavy atom. The summed E-state index contributed by atoms with van der Waals surface area (Å²) in [5.41, 5.74) is -0.0283. The van der Waals surface area contributed by atoms with Gasteiger partial charge in [-0.15, -0.1) is 11.3 Å². The molecule has 0 bridgehead atoms. The highest BCUT2D eigenvalue weighted by Crippen LogP contribution is 2.36. The van der Waals surface area contributed by atoms with E-state index < -0.39 is 21.8 Å². The van der Waals surface area contributed by atoms with Crippen LogP contribution >= 0.6 is 11.3 Å². The number of fused-ring (bicyclic) bond motifs is 1. The van der Waals surface area contributed by atoms with Crippen LogP contribution in [0.2, 0.25) is 0 Å². The molecule has 0 spiro atoms. The van der Waals surface area contributed by atoms with Gasteiger partial charge in [0, 0.05) is 19.0 Å². The Bertz CT molecular complexity index is 1070. The van der Waals surface area contributed by atoms with Gasteiger partial charge >= 0.3 is 6.18 Å². The van der Waals surface area contributed by atoms with Gasteiger partial charge in [-0.3, -0.25) is 0 Å². The normalized spacial score (nSPS) is 17.2. The maximum absolute atomic E-state index is 12.9. The van der Waals surface area contributed by atoms with Gasteiger partial charge in [-0.05, 0) is 43.2 Å². The van der Waals surface area contributed by atoms with Crippen LogP contribution < -0.4 is 0 Å². The number of piperidine rings is 1. The molecule has 1 saturated heterocycles. The van der Waals surface area contributed by atoms with Crippen molar-refractivity contribution in [2.75, 3.05) is 13.1 Å². The second kappa shape index (κ2) is 7.13. The molecule has 0 aliphatic carbocycles. The van der Waals surface area contributed by atoms with Crippen molar-refractivity contribution in [2.45, 2.75) is 29.8 Å². The molecular formula is C19H17F3N2O2S2. The molecule has 3 aromatic rings. The first-order valence-corrected chi connectivity index (χ1v) is 11.0. The molecule has 1 aliphatic heterocycles. The molecule has 0 amide bonds. The van der Waals surface area contributed by atoms with E-state index in [1.54, 1.807) is 11.3 Å². The van der Waals surface area contributed by atoms with Crippen molar-refractivity contribution in [1.82, 2.24) is 9.29 Å². The van der Waals surface area contributed by atoms with Crippen molar-refractivity contribution in [3.63, 3.8) is 0 Å². The van der Waals surface area contributed by atoms with Gasteiger partial charge < -0.3 is 0 Å². The first-order chi connectivity index (χ1) is 13.2. The number of nitrogens with zero attached hydrogens (tertiary/aromatic N) is 2. The Labute approximate surface area is 164 Å². The van der Waals surface area contributed by atoms with Gasteiger partial charge in [0.05, 0.1) is 25.7 Å². The van der Waals surface area contributed by atoms with Gasteiger partial charge in [0.2, 0.25) is 10.0 Å². The molecule has 0 saturated carbocycles. The molecule has 0 radical (unpaired) electrons. The lowest BCUT2D eigenvalue weighted by Crippen LogP contribution is -2.38. The molecule has 28 heavy (non-hydrogen) atoms. The third-order valence-corrected chi connectivity index (χ3v) is 8.01. The fourth-order valence-electron chi connectivity index (χ4n) is 3.39. The van der Waals surface area contributed by atoms with Crippen molar-refractivity contribution in [2.24, 2.45) is 0 Å². The number of alkyl halides is 3. The molecule has 0 atom stereocenters. The molecule has 1 aliphatic rings. The van der Waals surface area contributed by atoms with Gasteiger partial charge in [0.25, 0.3) is 0 Å². The Hall–Kier alpha value is -1.97. The molecule has 148 valence electrons. The van der Waals surface area contributed by atoms with E-state index in [0.29, 0.717) is 18.9 Å². The van der Waals surface area contributed by atoms with Crippen LogP contribution in [-0.4, -0.2) is 30.8 Å². The Kier molecular flexibility index (Phi) is 4.93. The van der Waals surface area contributed by atoms with E-state index in [0.717, 1.165) is 27.4 Å². The lowest BCUT2D eigenvalue weighted by atomic mass is 9.99. The second-order valence-corrected chi connectivity index (χ2v) is 9.72. The predicted octanol–water partition coefficient (Wildman–Crippen LogP) is 4.88. The van der Waals surface area contributed by atoms with E-state index in [9.17, 15) is 21.6 Å². The Balaban J connectivity index is 1.51. The summed E-state index contributed by atoms with van der Waals surface area (Å²) in [6.45, 7) is 0.526. The molecule has 0 unspecified atom stereocenters. The lowest BCUT2D eigenvalue weighted by Gasteiger charge is -2.30. The highest BCUT2D eigenvalue weighted by molar-refractivity contribution is 7.89. The molecule has 2 heterocycles. The van der Waals surface area contributed by atoms with Crippen molar-refractivity contribution in [1.29, 1.82) is 0 Å². The van der Waals surface area contributed by atoms with E-state index in [-0.39, 0.29) is 23.9 Å². The number of thiazole rings is 1. The summed E-state index contributed by atoms with van der Waals surface area (Å²) in [6.07, 6.45) is -3.39. The minimum atomic E-state index is -4.58. The van der Waals surface area contributed by atoms with Crippen molar-refractivity contribution in [3.05, 3.63) is 59.1 Å². The standard InChI is InChI=1S/C19H17F3N2O2S2/c20-19(21,22)14-4-3-5-15(12-14)28(25,26)24-10-8-13(9-11-24)18-23-16-6-1-2-7-17(16)27-18/h1-7,12-13H,8-11H2. The number of benzene rings is 2. The van der Waals surface area contributed by atoms with Crippen LogP contribution in [0.3, 0.4) is 0 Å². The minimum Gasteiger partial charge on any atom is -0.241 e. The first-order valence-electron chi connectivity index (χ1n) is 8.78. The summed E-state index contributed by atoms with van der Waals surface area (Å²) >= 11 is 1.61. The summed E-state index contributed by atoms with van der Waals surface area (Å²) < 4.78 is 66.7. The zero-order valence-electron chi connectivity index (χ0n) is 14.7. The van der Waals surface area contributed by atoms with E-state index in [1.807, 2.05) is 24.3 Å². The molecule has 9 heteroatoms. The highest BCUT2D eigenvalue weighted by Gasteiger charge is 2.34. The van der Waals surface area contributed by atoms with E-state index in [4.69, 9.17) is 0 Å².